The van der Waals surface area contributed by atoms with Crippen molar-refractivity contribution in [3.63, 3.8) is 0 Å². The Morgan fingerprint density at radius 2 is 1.04 bits per heavy atom. The minimum Gasteiger partial charge on any atom is -0.366 e. The number of anilines is 2. The molecular formula is C43H45N5O5. The van der Waals surface area contributed by atoms with E-state index in [2.05, 4.69) is 56.7 Å². The summed E-state index contributed by atoms with van der Waals surface area (Å²) in [5, 5.41) is 3.27. The first-order chi connectivity index (χ1) is 25.4. The van der Waals surface area contributed by atoms with Crippen LogP contribution in [0.4, 0.5) is 11.4 Å². The van der Waals surface area contributed by atoms with Crippen molar-refractivity contribution in [1.82, 2.24) is 10.4 Å². The molecule has 4 aromatic rings. The number of carbonyl (C=O) groups excluding carboxylic acids is 4. The molecular weight excluding hydrogens is 667 g/mol. The summed E-state index contributed by atoms with van der Waals surface area (Å²) in [6.45, 7) is 2.41. The number of nitrogens with one attached hydrogen (secondary N) is 1. The van der Waals surface area contributed by atoms with Crippen LogP contribution in [-0.2, 0) is 37.1 Å². The summed E-state index contributed by atoms with van der Waals surface area (Å²) in [5.74, 6) is 11.4. The number of nitrogens with two attached hydrogens (primary N) is 1. The molecule has 1 fully saturated rings. The van der Waals surface area contributed by atoms with Crippen molar-refractivity contribution in [2.45, 2.75) is 46.2 Å². The van der Waals surface area contributed by atoms with E-state index < -0.39 is 17.8 Å². The Labute approximate surface area is 311 Å². The summed E-state index contributed by atoms with van der Waals surface area (Å²) in [6, 6.07) is 32.0. The zero-order valence-electron chi connectivity index (χ0n) is 29.4. The molecule has 0 radical (unpaired) electrons. The highest BCUT2D eigenvalue weighted by Crippen LogP contribution is 2.27. The minimum atomic E-state index is -0.609. The van der Waals surface area contributed by atoms with Crippen LogP contribution in [0.3, 0.4) is 0 Å². The zero-order chi connectivity index (χ0) is 36.9. The van der Waals surface area contributed by atoms with Gasteiger partial charge in [-0.1, -0.05) is 91.8 Å². The molecule has 0 unspecified atom stereocenters. The standard InChI is InChI=1S/C22H18N2O4.C19H18N2O.CH5N.CH4/c25-20-11-12-21(26)24(20)28-22(27)13-14-23-15-18-7-2-1-5-16(18)9-10-17-6-3-4-8-19(17)23;1-20-19(22)12-13-21-14-17-8-3-2-6-15(17)10-11-16-7-4-5-9-18(16)21;1-2;/h1-8H,11-15H2;2-9H,12-14H2,1H3,(H,20,22);2H2,1H3;1H4. The van der Waals surface area contributed by atoms with Crippen molar-refractivity contribution < 1.29 is 24.0 Å². The first-order valence-electron chi connectivity index (χ1n) is 17.1. The summed E-state index contributed by atoms with van der Waals surface area (Å²) in [6.07, 6.45) is 0.684. The highest BCUT2D eigenvalue weighted by atomic mass is 16.7. The van der Waals surface area contributed by atoms with Gasteiger partial charge in [-0.2, -0.15) is 0 Å². The summed E-state index contributed by atoms with van der Waals surface area (Å²) < 4.78 is 0. The van der Waals surface area contributed by atoms with Gasteiger partial charge in [0.05, 0.1) is 17.8 Å². The summed E-state index contributed by atoms with van der Waals surface area (Å²) in [4.78, 5) is 56.3. The molecule has 10 heteroatoms. The fourth-order valence-electron chi connectivity index (χ4n) is 5.91. The number of hydroxylamine groups is 2. The predicted molar refractivity (Wildman–Crippen MR) is 207 cm³/mol. The number of fused-ring (bicyclic) bond motifs is 4. The number of amides is 3. The van der Waals surface area contributed by atoms with Gasteiger partial charge in [0.1, 0.15) is 0 Å². The van der Waals surface area contributed by atoms with Gasteiger partial charge in [-0.3, -0.25) is 14.4 Å². The second kappa shape index (κ2) is 19.3. The monoisotopic (exact) mass is 711 g/mol. The zero-order valence-corrected chi connectivity index (χ0v) is 29.4. The molecule has 3 aliphatic rings. The second-order valence-electron chi connectivity index (χ2n) is 11.9. The minimum absolute atomic E-state index is 0. The molecule has 3 heterocycles. The summed E-state index contributed by atoms with van der Waals surface area (Å²) in [7, 11) is 3.17. The number of rotatable bonds is 7. The molecule has 272 valence electrons. The van der Waals surface area contributed by atoms with E-state index in [1.165, 1.54) is 12.6 Å². The molecule has 53 heavy (non-hydrogen) atoms. The first-order valence-corrected chi connectivity index (χ1v) is 17.1. The quantitative estimate of drug-likeness (QED) is 0.199. The molecule has 1 saturated heterocycles. The Morgan fingerprint density at radius 3 is 1.51 bits per heavy atom. The third-order valence-electron chi connectivity index (χ3n) is 8.58. The van der Waals surface area contributed by atoms with E-state index in [9.17, 15) is 19.2 Å². The normalized spacial score (nSPS) is 13.2. The number of hydrogen-bond acceptors (Lipinski definition) is 8. The Morgan fingerprint density at radius 1 is 0.642 bits per heavy atom. The number of hydrogen-bond donors (Lipinski definition) is 2. The lowest BCUT2D eigenvalue weighted by molar-refractivity contribution is -0.197. The highest BCUT2D eigenvalue weighted by Gasteiger charge is 2.33. The van der Waals surface area contributed by atoms with Gasteiger partial charge in [0.25, 0.3) is 11.8 Å². The Hall–Kier alpha value is -6.36. The van der Waals surface area contributed by atoms with Crippen molar-refractivity contribution >= 4 is 35.1 Å². The number of imide groups is 1. The molecule has 10 nitrogen and oxygen atoms in total. The maximum atomic E-state index is 12.2. The molecule has 3 N–H and O–H groups in total. The molecule has 0 aromatic heterocycles. The molecule has 0 spiro atoms. The van der Waals surface area contributed by atoms with E-state index in [1.54, 1.807) is 7.05 Å². The molecule has 0 saturated carbocycles. The van der Waals surface area contributed by atoms with Crippen LogP contribution >= 0.6 is 0 Å². The SMILES string of the molecule is C.CN.CNC(=O)CCN1Cc2ccccc2C#Cc2ccccc21.O=C(CCN1Cc2ccccc2C#Cc2ccccc21)ON1C(=O)CCC1=O. The molecule has 0 atom stereocenters. The average Bonchev–Trinajstić information content (AvgIpc) is 3.48. The molecule has 0 aliphatic carbocycles. The lowest BCUT2D eigenvalue weighted by Crippen LogP contribution is -2.34. The van der Waals surface area contributed by atoms with Gasteiger partial charge in [0, 0.05) is 74.7 Å². The Balaban J connectivity index is 0.000000228. The number of benzene rings is 4. The maximum Gasteiger partial charge on any atom is 0.334 e. The van der Waals surface area contributed by atoms with Crippen LogP contribution in [0.2, 0.25) is 0 Å². The van der Waals surface area contributed by atoms with Crippen LogP contribution in [0.25, 0.3) is 0 Å². The smallest absolute Gasteiger partial charge is 0.334 e. The van der Waals surface area contributed by atoms with Crippen molar-refractivity contribution in [3.05, 3.63) is 130 Å². The van der Waals surface area contributed by atoms with Crippen molar-refractivity contribution in [3.8, 4) is 23.7 Å². The van der Waals surface area contributed by atoms with Gasteiger partial charge < -0.3 is 25.7 Å². The number of nitrogens with zero attached hydrogens (tertiary/aromatic N) is 3. The van der Waals surface area contributed by atoms with E-state index >= 15 is 0 Å². The lowest BCUT2D eigenvalue weighted by Gasteiger charge is -2.27. The van der Waals surface area contributed by atoms with E-state index in [4.69, 9.17) is 4.84 Å². The number of carbonyl (C=O) groups is 4. The molecule has 4 aromatic carbocycles. The van der Waals surface area contributed by atoms with Crippen LogP contribution < -0.4 is 20.9 Å². The van der Waals surface area contributed by atoms with Gasteiger partial charge in [0.15, 0.2) is 0 Å². The highest BCUT2D eigenvalue weighted by molar-refractivity contribution is 6.01. The molecule has 0 bridgehead atoms. The topological polar surface area (TPSA) is 125 Å². The van der Waals surface area contributed by atoms with E-state index in [1.807, 2.05) is 84.9 Å². The van der Waals surface area contributed by atoms with Gasteiger partial charge in [-0.15, -0.1) is 5.06 Å². The van der Waals surface area contributed by atoms with Crippen LogP contribution in [0.1, 0.15) is 66.5 Å². The van der Waals surface area contributed by atoms with Gasteiger partial charge >= 0.3 is 5.97 Å². The predicted octanol–water partition coefficient (Wildman–Crippen LogP) is 5.16. The van der Waals surface area contributed by atoms with Crippen LogP contribution in [0.5, 0.6) is 0 Å². The molecule has 7 rings (SSSR count). The van der Waals surface area contributed by atoms with Crippen molar-refractivity contribution in [2.24, 2.45) is 5.73 Å². The third kappa shape index (κ3) is 10.1. The summed E-state index contributed by atoms with van der Waals surface area (Å²) >= 11 is 0. The van der Waals surface area contributed by atoms with E-state index in [-0.39, 0.29) is 32.6 Å². The lowest BCUT2D eigenvalue weighted by atomic mass is 10.0. The van der Waals surface area contributed by atoms with Crippen molar-refractivity contribution in [1.29, 1.82) is 0 Å². The maximum absolute atomic E-state index is 12.2. The third-order valence-corrected chi connectivity index (χ3v) is 8.58. The van der Waals surface area contributed by atoms with Gasteiger partial charge in [0.2, 0.25) is 5.91 Å². The van der Waals surface area contributed by atoms with Gasteiger partial charge in [-0.25, -0.2) is 4.79 Å². The van der Waals surface area contributed by atoms with E-state index in [0.29, 0.717) is 31.1 Å². The Kier molecular flexibility index (Phi) is 14.4. The fraction of sp³-hybridized carbons (Fsp3) is 0.256. The second-order valence-corrected chi connectivity index (χ2v) is 11.9. The van der Waals surface area contributed by atoms with Crippen molar-refractivity contribution in [2.75, 3.05) is 37.0 Å². The van der Waals surface area contributed by atoms with Crippen LogP contribution in [0.15, 0.2) is 97.1 Å². The van der Waals surface area contributed by atoms with E-state index in [0.717, 1.165) is 45.7 Å². The summed E-state index contributed by atoms with van der Waals surface area (Å²) in [5.41, 5.74) is 12.7. The molecule has 3 amide bonds. The Bertz CT molecular complexity index is 2060. The van der Waals surface area contributed by atoms with Crippen LogP contribution in [-0.4, -0.2) is 55.9 Å². The van der Waals surface area contributed by atoms with Crippen LogP contribution in [0, 0.1) is 23.7 Å². The largest absolute Gasteiger partial charge is 0.366 e. The first kappa shape index (κ1) is 39.4. The molecule has 3 aliphatic heterocycles. The fourth-order valence-corrected chi connectivity index (χ4v) is 5.91. The van der Waals surface area contributed by atoms with Gasteiger partial charge in [-0.05, 0) is 54.6 Å². The average molecular weight is 712 g/mol. The number of para-hydroxylation sites is 2.